The van der Waals surface area contributed by atoms with Gasteiger partial charge in [0.05, 0.1) is 23.3 Å². The highest BCUT2D eigenvalue weighted by Gasteiger charge is 2.21. The van der Waals surface area contributed by atoms with Crippen LogP contribution >= 0.6 is 11.8 Å². The third kappa shape index (κ3) is 3.45. The molecule has 6 nitrogen and oxygen atoms in total. The van der Waals surface area contributed by atoms with Crippen LogP contribution in [0, 0.1) is 5.82 Å². The maximum absolute atomic E-state index is 14.3. The van der Waals surface area contributed by atoms with E-state index in [2.05, 4.69) is 10.2 Å². The minimum Gasteiger partial charge on any atom is -0.342 e. The number of imidazole rings is 1. The van der Waals surface area contributed by atoms with Gasteiger partial charge in [0.15, 0.2) is 5.16 Å². The molecular formula is C22H22FN5OS. The minimum absolute atomic E-state index is 0.145. The number of carbonyl (C=O) groups is 1. The molecule has 1 saturated heterocycles. The summed E-state index contributed by atoms with van der Waals surface area (Å²) in [5.41, 5.74) is 2.50. The lowest BCUT2D eigenvalue weighted by molar-refractivity contribution is -0.129. The van der Waals surface area contributed by atoms with E-state index >= 15 is 0 Å². The molecule has 1 aliphatic heterocycles. The number of thioether (sulfide) groups is 1. The first kappa shape index (κ1) is 19.1. The Bertz CT molecular complexity index is 1210. The molecule has 30 heavy (non-hydrogen) atoms. The van der Waals surface area contributed by atoms with Gasteiger partial charge in [-0.15, -0.1) is 10.2 Å². The number of halogens is 1. The first-order valence-corrected chi connectivity index (χ1v) is 11.2. The predicted molar refractivity (Wildman–Crippen MR) is 115 cm³/mol. The molecule has 0 bridgehead atoms. The highest BCUT2D eigenvalue weighted by atomic mass is 32.2. The number of rotatable bonds is 5. The van der Waals surface area contributed by atoms with Gasteiger partial charge in [-0.05, 0) is 37.5 Å². The molecule has 1 amide bonds. The number of fused-ring (bicyclic) bond motifs is 3. The highest BCUT2D eigenvalue weighted by molar-refractivity contribution is 7.99. The molecule has 5 rings (SSSR count). The lowest BCUT2D eigenvalue weighted by Crippen LogP contribution is -2.36. The number of para-hydroxylation sites is 2. The molecule has 1 fully saturated rings. The average Bonchev–Trinajstić information content (AvgIpc) is 3.33. The van der Waals surface area contributed by atoms with Crippen molar-refractivity contribution in [1.82, 2.24) is 24.1 Å². The van der Waals surface area contributed by atoms with Crippen LogP contribution in [0.15, 0.2) is 53.7 Å². The standard InChI is InChI=1S/C22H22FN5OS/c23-17-9-3-2-8-16(17)14-27-18-10-4-5-11-19(18)28-21(27)24-25-22(28)30-15-20(29)26-12-6-1-7-13-26/h2-5,8-11H,1,6-7,12-15H2. The largest absolute Gasteiger partial charge is 0.342 e. The van der Waals surface area contributed by atoms with Gasteiger partial charge < -0.3 is 9.47 Å². The molecule has 0 unspecified atom stereocenters. The summed E-state index contributed by atoms with van der Waals surface area (Å²) in [5, 5.41) is 9.40. The Morgan fingerprint density at radius 1 is 0.967 bits per heavy atom. The summed E-state index contributed by atoms with van der Waals surface area (Å²) < 4.78 is 18.2. The van der Waals surface area contributed by atoms with Crippen LogP contribution in [-0.4, -0.2) is 48.8 Å². The van der Waals surface area contributed by atoms with Gasteiger partial charge in [-0.25, -0.2) is 4.39 Å². The maximum atomic E-state index is 14.3. The molecule has 0 aliphatic carbocycles. The Hall–Kier alpha value is -2.87. The zero-order chi connectivity index (χ0) is 20.5. The fourth-order valence-corrected chi connectivity index (χ4v) is 4.89. The van der Waals surface area contributed by atoms with E-state index in [1.807, 2.05) is 44.2 Å². The number of benzene rings is 2. The van der Waals surface area contributed by atoms with Crippen LogP contribution in [0.4, 0.5) is 4.39 Å². The van der Waals surface area contributed by atoms with Gasteiger partial charge in [0.25, 0.3) is 0 Å². The summed E-state index contributed by atoms with van der Waals surface area (Å²) in [4.78, 5) is 14.5. The molecule has 8 heteroatoms. The molecule has 2 aromatic heterocycles. The van der Waals surface area contributed by atoms with E-state index in [1.54, 1.807) is 12.1 Å². The Morgan fingerprint density at radius 2 is 1.70 bits per heavy atom. The summed E-state index contributed by atoms with van der Waals surface area (Å²) in [6, 6.07) is 14.7. The second kappa shape index (κ2) is 8.10. The summed E-state index contributed by atoms with van der Waals surface area (Å²) in [6.45, 7) is 2.05. The van der Waals surface area contributed by atoms with Crippen LogP contribution in [0.3, 0.4) is 0 Å². The number of amides is 1. The van der Waals surface area contributed by atoms with E-state index in [0.29, 0.717) is 28.8 Å². The van der Waals surface area contributed by atoms with E-state index in [4.69, 9.17) is 0 Å². The topological polar surface area (TPSA) is 55.4 Å². The molecule has 0 N–H and O–H groups in total. The van der Waals surface area contributed by atoms with Crippen molar-refractivity contribution in [3.63, 3.8) is 0 Å². The molecule has 2 aromatic carbocycles. The Labute approximate surface area is 177 Å². The van der Waals surface area contributed by atoms with Crippen molar-refractivity contribution >= 4 is 34.5 Å². The number of nitrogens with zero attached hydrogens (tertiary/aromatic N) is 5. The van der Waals surface area contributed by atoms with E-state index < -0.39 is 0 Å². The number of hydrogen-bond donors (Lipinski definition) is 0. The van der Waals surface area contributed by atoms with Crippen molar-refractivity contribution in [1.29, 1.82) is 0 Å². The van der Waals surface area contributed by atoms with Crippen molar-refractivity contribution in [3.8, 4) is 0 Å². The SMILES string of the molecule is O=C(CSc1nnc2n(Cc3ccccc3F)c3ccccc3n12)N1CCCCC1. The Kier molecular flexibility index (Phi) is 5.16. The fourth-order valence-electron chi connectivity index (χ4n) is 4.04. The lowest BCUT2D eigenvalue weighted by Gasteiger charge is -2.26. The zero-order valence-electron chi connectivity index (χ0n) is 16.5. The van der Waals surface area contributed by atoms with Crippen molar-refractivity contribution in [2.45, 2.75) is 31.0 Å². The van der Waals surface area contributed by atoms with Crippen molar-refractivity contribution in [2.24, 2.45) is 0 Å². The summed E-state index contributed by atoms with van der Waals surface area (Å²) in [7, 11) is 0. The van der Waals surface area contributed by atoms with Crippen LogP contribution in [0.5, 0.6) is 0 Å². The normalized spacial score (nSPS) is 14.6. The third-order valence-electron chi connectivity index (χ3n) is 5.59. The monoisotopic (exact) mass is 423 g/mol. The van der Waals surface area contributed by atoms with E-state index in [-0.39, 0.29) is 11.7 Å². The van der Waals surface area contributed by atoms with Gasteiger partial charge in [0, 0.05) is 18.7 Å². The predicted octanol–water partition coefficient (Wildman–Crippen LogP) is 3.98. The number of hydrogen-bond acceptors (Lipinski definition) is 4. The molecule has 4 aromatic rings. The summed E-state index contributed by atoms with van der Waals surface area (Å²) in [5.74, 6) is 0.891. The molecule has 154 valence electrons. The van der Waals surface area contributed by atoms with Gasteiger partial charge in [-0.3, -0.25) is 9.20 Å². The number of carbonyl (C=O) groups excluding carboxylic acids is 1. The third-order valence-corrected chi connectivity index (χ3v) is 6.50. The van der Waals surface area contributed by atoms with Crippen LogP contribution in [-0.2, 0) is 11.3 Å². The molecule has 0 radical (unpaired) electrons. The van der Waals surface area contributed by atoms with Crippen LogP contribution in [0.25, 0.3) is 16.8 Å². The second-order valence-corrected chi connectivity index (χ2v) is 8.46. The summed E-state index contributed by atoms with van der Waals surface area (Å²) >= 11 is 1.41. The van der Waals surface area contributed by atoms with Crippen molar-refractivity contribution in [3.05, 3.63) is 59.9 Å². The average molecular weight is 424 g/mol. The maximum Gasteiger partial charge on any atom is 0.237 e. The molecule has 3 heterocycles. The zero-order valence-corrected chi connectivity index (χ0v) is 17.3. The molecular weight excluding hydrogens is 401 g/mol. The number of piperidine rings is 1. The van der Waals surface area contributed by atoms with Gasteiger partial charge in [0.2, 0.25) is 11.7 Å². The van der Waals surface area contributed by atoms with E-state index in [0.717, 1.165) is 37.0 Å². The quantitative estimate of drug-likeness (QED) is 0.456. The second-order valence-electron chi connectivity index (χ2n) is 7.51. The number of aromatic nitrogens is 4. The lowest BCUT2D eigenvalue weighted by atomic mass is 10.1. The van der Waals surface area contributed by atoms with Crippen LogP contribution < -0.4 is 0 Å². The molecule has 0 saturated carbocycles. The van der Waals surface area contributed by atoms with Crippen molar-refractivity contribution in [2.75, 3.05) is 18.8 Å². The van der Waals surface area contributed by atoms with E-state index in [9.17, 15) is 9.18 Å². The molecule has 1 aliphatic rings. The van der Waals surface area contributed by atoms with E-state index in [1.165, 1.54) is 24.2 Å². The Morgan fingerprint density at radius 3 is 2.50 bits per heavy atom. The molecule has 0 atom stereocenters. The molecule has 0 spiro atoms. The van der Waals surface area contributed by atoms with Gasteiger partial charge in [-0.1, -0.05) is 42.1 Å². The van der Waals surface area contributed by atoms with Gasteiger partial charge >= 0.3 is 0 Å². The fraction of sp³-hybridized carbons (Fsp3) is 0.318. The Balaban J connectivity index is 1.48. The van der Waals surface area contributed by atoms with Crippen LogP contribution in [0.2, 0.25) is 0 Å². The number of likely N-dealkylation sites (tertiary alicyclic amines) is 1. The smallest absolute Gasteiger partial charge is 0.237 e. The van der Waals surface area contributed by atoms with Gasteiger partial charge in [-0.2, -0.15) is 0 Å². The summed E-state index contributed by atoms with van der Waals surface area (Å²) in [6.07, 6.45) is 3.35. The first-order valence-electron chi connectivity index (χ1n) is 10.2. The van der Waals surface area contributed by atoms with Crippen LogP contribution in [0.1, 0.15) is 24.8 Å². The van der Waals surface area contributed by atoms with Crippen molar-refractivity contribution < 1.29 is 9.18 Å². The highest BCUT2D eigenvalue weighted by Crippen LogP contribution is 2.27. The first-order chi connectivity index (χ1) is 14.7. The van der Waals surface area contributed by atoms with Gasteiger partial charge in [0.1, 0.15) is 5.82 Å². The minimum atomic E-state index is -0.241.